The minimum atomic E-state index is -3.86. The van der Waals surface area contributed by atoms with Crippen LogP contribution in [0.4, 0.5) is 0 Å². The molecule has 3 N–H and O–H groups in total. The average Bonchev–Trinajstić information content (AvgIpc) is 2.75. The molecule has 2 unspecified atom stereocenters. The molecule has 0 saturated carbocycles. The fourth-order valence-electron chi connectivity index (χ4n) is 3.12. The quantitative estimate of drug-likeness (QED) is 0.723. The summed E-state index contributed by atoms with van der Waals surface area (Å²) in [7, 11) is -3.86. The number of rotatable bonds is 6. The highest BCUT2D eigenvalue weighted by Gasteiger charge is 2.37. The fraction of sp³-hybridized carbons (Fsp3) is 0.611. The third-order valence-corrected chi connectivity index (χ3v) is 6.45. The van der Waals surface area contributed by atoms with E-state index in [0.29, 0.717) is 12.8 Å². The molecule has 150 valence electrons. The van der Waals surface area contributed by atoms with Crippen LogP contribution in [0.25, 0.3) is 0 Å². The third-order valence-electron chi connectivity index (χ3n) is 4.68. The van der Waals surface area contributed by atoms with E-state index in [2.05, 4.69) is 10.3 Å². The summed E-state index contributed by atoms with van der Waals surface area (Å²) in [5, 5.41) is 2.63. The summed E-state index contributed by atoms with van der Waals surface area (Å²) in [5.41, 5.74) is 5.90. The number of hydrogen-bond acceptors (Lipinski definition) is 6. The number of sulfonamides is 1. The van der Waals surface area contributed by atoms with E-state index < -0.39 is 22.1 Å². The van der Waals surface area contributed by atoms with Gasteiger partial charge in [0.2, 0.25) is 5.91 Å². The maximum atomic E-state index is 12.8. The van der Waals surface area contributed by atoms with Gasteiger partial charge < -0.3 is 11.1 Å². The van der Waals surface area contributed by atoms with Crippen LogP contribution < -0.4 is 11.1 Å². The van der Waals surface area contributed by atoms with Crippen LogP contribution in [-0.4, -0.2) is 54.6 Å². The first kappa shape index (κ1) is 21.5. The van der Waals surface area contributed by atoms with Gasteiger partial charge in [-0.2, -0.15) is 4.31 Å². The van der Waals surface area contributed by atoms with Crippen LogP contribution in [0, 0.1) is 11.8 Å². The molecule has 2 rings (SSSR count). The molecule has 8 nitrogen and oxygen atoms in total. The van der Waals surface area contributed by atoms with Gasteiger partial charge in [-0.25, -0.2) is 13.4 Å². The van der Waals surface area contributed by atoms with Crippen molar-refractivity contribution in [1.29, 1.82) is 0 Å². The number of carbonyl (C=O) groups excluding carboxylic acids is 2. The van der Waals surface area contributed by atoms with Gasteiger partial charge >= 0.3 is 0 Å². The highest BCUT2D eigenvalue weighted by Crippen LogP contribution is 2.21. The lowest BCUT2D eigenvalue weighted by atomic mass is 9.95. The zero-order chi connectivity index (χ0) is 20.2. The van der Waals surface area contributed by atoms with Crippen LogP contribution in [0.2, 0.25) is 0 Å². The average molecular weight is 397 g/mol. The van der Waals surface area contributed by atoms with Crippen molar-refractivity contribution in [3.05, 3.63) is 24.4 Å². The van der Waals surface area contributed by atoms with Crippen LogP contribution >= 0.6 is 0 Å². The predicted octanol–water partition coefficient (Wildman–Crippen LogP) is 0.539. The second-order valence-corrected chi connectivity index (χ2v) is 9.35. The molecule has 0 aliphatic carbocycles. The van der Waals surface area contributed by atoms with Crippen molar-refractivity contribution < 1.29 is 18.0 Å². The van der Waals surface area contributed by atoms with Gasteiger partial charge in [-0.15, -0.1) is 0 Å². The Morgan fingerprint density at radius 2 is 2.11 bits per heavy atom. The molecule has 1 aromatic rings. The van der Waals surface area contributed by atoms with E-state index in [-0.39, 0.29) is 41.6 Å². The molecular weight excluding hydrogens is 368 g/mol. The molecule has 3 atom stereocenters. The number of Topliss-reactive ketones (excluding diaryl/α,β-unsaturated/α-hetero) is 1. The summed E-state index contributed by atoms with van der Waals surface area (Å²) in [6.45, 7) is 5.65. The molecule has 1 saturated heterocycles. The SMILES string of the molecule is CC(C)C[C@H](N)C(=O)NC1C(=O)CN(S(=O)(=O)c2ccccn2)CCC1C. The number of amides is 1. The number of ketones is 1. The van der Waals surface area contributed by atoms with Gasteiger partial charge in [-0.3, -0.25) is 9.59 Å². The van der Waals surface area contributed by atoms with Crippen molar-refractivity contribution in [2.45, 2.75) is 50.7 Å². The van der Waals surface area contributed by atoms with Crippen LogP contribution in [0.15, 0.2) is 29.4 Å². The Morgan fingerprint density at radius 3 is 2.70 bits per heavy atom. The van der Waals surface area contributed by atoms with Crippen molar-refractivity contribution in [3.8, 4) is 0 Å². The minimum Gasteiger partial charge on any atom is -0.345 e. The molecule has 0 aromatic carbocycles. The van der Waals surface area contributed by atoms with Gasteiger partial charge in [0.1, 0.15) is 0 Å². The van der Waals surface area contributed by atoms with Crippen LogP contribution in [-0.2, 0) is 19.6 Å². The number of hydrogen-bond donors (Lipinski definition) is 2. The molecule has 1 aliphatic rings. The van der Waals surface area contributed by atoms with E-state index in [0.717, 1.165) is 4.31 Å². The van der Waals surface area contributed by atoms with Gasteiger partial charge in [-0.05, 0) is 36.8 Å². The molecule has 1 amide bonds. The van der Waals surface area contributed by atoms with Gasteiger partial charge in [0.15, 0.2) is 10.8 Å². The largest absolute Gasteiger partial charge is 0.345 e. The Morgan fingerprint density at radius 1 is 1.41 bits per heavy atom. The molecule has 2 heterocycles. The van der Waals surface area contributed by atoms with E-state index in [1.807, 2.05) is 20.8 Å². The molecular formula is C18H28N4O4S. The maximum absolute atomic E-state index is 12.8. The summed E-state index contributed by atoms with van der Waals surface area (Å²) in [6, 6.07) is 3.17. The van der Waals surface area contributed by atoms with Gasteiger partial charge in [0.05, 0.1) is 18.6 Å². The number of carbonyl (C=O) groups is 2. The monoisotopic (exact) mass is 396 g/mol. The Kier molecular flexibility index (Phi) is 7.07. The molecule has 0 radical (unpaired) electrons. The summed E-state index contributed by atoms with van der Waals surface area (Å²) in [5.74, 6) is -0.664. The number of aromatic nitrogens is 1. The zero-order valence-corrected chi connectivity index (χ0v) is 16.8. The second kappa shape index (κ2) is 8.90. The standard InChI is InChI=1S/C18H28N4O4S/c1-12(2)10-14(19)18(24)21-17-13(3)7-9-22(11-15(17)23)27(25,26)16-6-4-5-8-20-16/h4-6,8,12-14,17H,7,9-11,19H2,1-3H3,(H,21,24)/t13?,14-,17?/m0/s1. The first-order chi connectivity index (χ1) is 12.6. The third kappa shape index (κ3) is 5.33. The summed E-state index contributed by atoms with van der Waals surface area (Å²) in [6.07, 6.45) is 2.36. The minimum absolute atomic E-state index is 0.0908. The lowest BCUT2D eigenvalue weighted by Crippen LogP contribution is -2.52. The molecule has 9 heteroatoms. The van der Waals surface area contributed by atoms with Gasteiger partial charge in [-0.1, -0.05) is 26.8 Å². The zero-order valence-electron chi connectivity index (χ0n) is 16.0. The second-order valence-electron chi connectivity index (χ2n) is 7.46. The highest BCUT2D eigenvalue weighted by atomic mass is 32.2. The fourth-order valence-corrected chi connectivity index (χ4v) is 4.47. The summed E-state index contributed by atoms with van der Waals surface area (Å²) >= 11 is 0. The molecule has 1 fully saturated rings. The van der Waals surface area contributed by atoms with E-state index in [9.17, 15) is 18.0 Å². The van der Waals surface area contributed by atoms with E-state index in [1.54, 1.807) is 12.1 Å². The maximum Gasteiger partial charge on any atom is 0.260 e. The normalized spacial score (nSPS) is 23.1. The number of nitrogens with one attached hydrogen (secondary N) is 1. The lowest BCUT2D eigenvalue weighted by Gasteiger charge is -2.23. The Hall–Kier alpha value is -1.84. The molecule has 0 spiro atoms. The van der Waals surface area contributed by atoms with Crippen molar-refractivity contribution in [2.75, 3.05) is 13.1 Å². The number of nitrogens with two attached hydrogens (primary N) is 1. The molecule has 1 aliphatic heterocycles. The smallest absolute Gasteiger partial charge is 0.260 e. The van der Waals surface area contributed by atoms with E-state index >= 15 is 0 Å². The van der Waals surface area contributed by atoms with Crippen LogP contribution in [0.1, 0.15) is 33.6 Å². The van der Waals surface area contributed by atoms with E-state index in [1.165, 1.54) is 12.3 Å². The summed E-state index contributed by atoms with van der Waals surface area (Å²) in [4.78, 5) is 28.9. The van der Waals surface area contributed by atoms with Crippen LogP contribution in [0.5, 0.6) is 0 Å². The molecule has 1 aromatic heterocycles. The number of pyridine rings is 1. The van der Waals surface area contributed by atoms with Crippen molar-refractivity contribution in [2.24, 2.45) is 17.6 Å². The van der Waals surface area contributed by atoms with Gasteiger partial charge in [0, 0.05) is 12.7 Å². The molecule has 27 heavy (non-hydrogen) atoms. The van der Waals surface area contributed by atoms with Gasteiger partial charge in [0.25, 0.3) is 10.0 Å². The van der Waals surface area contributed by atoms with E-state index in [4.69, 9.17) is 5.73 Å². The van der Waals surface area contributed by atoms with Crippen molar-refractivity contribution >= 4 is 21.7 Å². The first-order valence-corrected chi connectivity index (χ1v) is 10.6. The van der Waals surface area contributed by atoms with Crippen LogP contribution in [0.3, 0.4) is 0 Å². The topological polar surface area (TPSA) is 122 Å². The predicted molar refractivity (Wildman–Crippen MR) is 101 cm³/mol. The Balaban J connectivity index is 2.13. The van der Waals surface area contributed by atoms with Crippen molar-refractivity contribution in [3.63, 3.8) is 0 Å². The highest BCUT2D eigenvalue weighted by molar-refractivity contribution is 7.89. The Labute approximate surface area is 160 Å². The molecule has 0 bridgehead atoms. The summed E-state index contributed by atoms with van der Waals surface area (Å²) < 4.78 is 26.6. The Bertz CT molecular complexity index is 767. The van der Waals surface area contributed by atoms with Crippen molar-refractivity contribution in [1.82, 2.24) is 14.6 Å². The number of nitrogens with zero attached hydrogens (tertiary/aromatic N) is 2. The first-order valence-electron chi connectivity index (χ1n) is 9.12. The lowest BCUT2D eigenvalue weighted by molar-refractivity contribution is -0.129.